The van der Waals surface area contributed by atoms with Crippen LogP contribution in [0.3, 0.4) is 0 Å². The van der Waals surface area contributed by atoms with Crippen LogP contribution in [-0.4, -0.2) is 17.0 Å². The third-order valence-electron chi connectivity index (χ3n) is 7.72. The number of benzene rings is 5. The van der Waals surface area contributed by atoms with E-state index in [2.05, 4.69) is 24.3 Å². The molecule has 0 saturated heterocycles. The lowest BCUT2D eigenvalue weighted by Gasteiger charge is -2.48. The molecule has 4 nitrogen and oxygen atoms in total. The summed E-state index contributed by atoms with van der Waals surface area (Å²) in [4.78, 5) is 15.2. The molecule has 1 spiro atoms. The summed E-state index contributed by atoms with van der Waals surface area (Å²) in [6.07, 6.45) is -0.628. The molecule has 0 unspecified atom stereocenters. The maximum atomic E-state index is 15.2. The van der Waals surface area contributed by atoms with Gasteiger partial charge in [-0.15, -0.1) is 0 Å². The van der Waals surface area contributed by atoms with Gasteiger partial charge in [-0.3, -0.25) is 4.79 Å². The van der Waals surface area contributed by atoms with Crippen molar-refractivity contribution in [2.75, 3.05) is 5.01 Å². The van der Waals surface area contributed by atoms with Crippen molar-refractivity contribution in [3.63, 3.8) is 0 Å². The summed E-state index contributed by atoms with van der Waals surface area (Å²) in [6, 6.07) is 48.0. The number of ether oxygens (including phenoxy) is 1. The van der Waals surface area contributed by atoms with Gasteiger partial charge in [0.1, 0.15) is 5.75 Å². The average molecular weight is 507 g/mol. The first-order valence-electron chi connectivity index (χ1n) is 13.2. The first-order valence-corrected chi connectivity index (χ1v) is 13.2. The van der Waals surface area contributed by atoms with Crippen molar-refractivity contribution >= 4 is 17.2 Å². The maximum absolute atomic E-state index is 15.2. The Kier molecular flexibility index (Phi) is 5.59. The number of carbonyl (C=O) groups excluding carboxylic acids is 1. The number of ketones is 1. The number of Topliss-reactive ketones (excluding diaryl/α,β-unsaturated/α-hetero) is 1. The average Bonchev–Trinajstić information content (AvgIpc) is 3.37. The van der Waals surface area contributed by atoms with Gasteiger partial charge in [0, 0.05) is 0 Å². The monoisotopic (exact) mass is 506 g/mol. The lowest BCUT2D eigenvalue weighted by atomic mass is 9.65. The number of rotatable bonds is 4. The Labute approximate surface area is 227 Å². The van der Waals surface area contributed by atoms with Crippen LogP contribution in [0.25, 0.3) is 0 Å². The Balaban J connectivity index is 1.59. The van der Waals surface area contributed by atoms with Gasteiger partial charge in [-0.25, -0.2) is 5.01 Å². The zero-order valence-corrected chi connectivity index (χ0v) is 21.2. The summed E-state index contributed by atoms with van der Waals surface area (Å²) in [6.45, 7) is 0. The van der Waals surface area contributed by atoms with Gasteiger partial charge in [-0.2, -0.15) is 5.10 Å². The zero-order chi connectivity index (χ0) is 26.2. The van der Waals surface area contributed by atoms with Gasteiger partial charge < -0.3 is 4.74 Å². The van der Waals surface area contributed by atoms with Crippen molar-refractivity contribution in [1.29, 1.82) is 0 Å². The predicted octanol–water partition coefficient (Wildman–Crippen LogP) is 7.45. The molecule has 2 heterocycles. The van der Waals surface area contributed by atoms with Gasteiger partial charge in [-0.1, -0.05) is 121 Å². The standard InChI is InChI=1S/C35H26N2O2/c38-33-29-23-13-14-24-30(29)39-34(27-19-9-3-10-20-27)35(33)31(25-15-5-1-6-16-25)32(26-17-7-2-8-18-26)36-37(35)28-21-11-4-12-22-28/h1-24,31,34H/t31-,34+,35-/m0/s1. The number of hydrazone groups is 1. The second-order valence-corrected chi connectivity index (χ2v) is 9.90. The molecule has 2 aliphatic heterocycles. The summed E-state index contributed by atoms with van der Waals surface area (Å²) in [5.74, 6) is 0.174. The minimum Gasteiger partial charge on any atom is -0.482 e. The van der Waals surface area contributed by atoms with Crippen LogP contribution in [0.4, 0.5) is 5.69 Å². The van der Waals surface area contributed by atoms with Crippen molar-refractivity contribution in [1.82, 2.24) is 0 Å². The normalized spacial score (nSPS) is 21.8. The summed E-state index contributed by atoms with van der Waals surface area (Å²) in [5, 5.41) is 7.25. The van der Waals surface area contributed by atoms with E-state index in [-0.39, 0.29) is 5.78 Å². The van der Waals surface area contributed by atoms with E-state index in [1.165, 1.54) is 0 Å². The molecule has 4 heteroatoms. The molecule has 5 aromatic carbocycles. The molecule has 5 aromatic rings. The Morgan fingerprint density at radius 1 is 0.615 bits per heavy atom. The molecule has 0 radical (unpaired) electrons. The quantitative estimate of drug-likeness (QED) is 0.254. The van der Waals surface area contributed by atoms with Crippen LogP contribution >= 0.6 is 0 Å². The predicted molar refractivity (Wildman–Crippen MR) is 154 cm³/mol. The van der Waals surface area contributed by atoms with Crippen LogP contribution in [0.2, 0.25) is 0 Å². The largest absolute Gasteiger partial charge is 0.482 e. The van der Waals surface area contributed by atoms with Crippen LogP contribution in [0.5, 0.6) is 5.75 Å². The number of fused-ring (bicyclic) bond motifs is 1. The molecule has 3 atom stereocenters. The van der Waals surface area contributed by atoms with Gasteiger partial charge in [0.25, 0.3) is 0 Å². The molecule has 39 heavy (non-hydrogen) atoms. The molecular formula is C35H26N2O2. The molecule has 7 rings (SSSR count). The first-order chi connectivity index (χ1) is 19.3. The summed E-state index contributed by atoms with van der Waals surface area (Å²) < 4.78 is 6.88. The van der Waals surface area contributed by atoms with E-state index in [0.717, 1.165) is 28.1 Å². The minimum atomic E-state index is -1.22. The second-order valence-electron chi connectivity index (χ2n) is 9.90. The number of nitrogens with zero attached hydrogens (tertiary/aromatic N) is 2. The Hall–Kier alpha value is -4.96. The molecule has 0 fully saturated rings. The smallest absolute Gasteiger partial charge is 0.199 e. The van der Waals surface area contributed by atoms with E-state index in [1.807, 2.05) is 126 Å². The maximum Gasteiger partial charge on any atom is 0.199 e. The van der Waals surface area contributed by atoms with Gasteiger partial charge in [0.2, 0.25) is 0 Å². The summed E-state index contributed by atoms with van der Waals surface area (Å²) in [7, 11) is 0. The highest BCUT2D eigenvalue weighted by Gasteiger charge is 2.65. The van der Waals surface area contributed by atoms with E-state index < -0.39 is 17.6 Å². The van der Waals surface area contributed by atoms with E-state index in [1.54, 1.807) is 0 Å². The van der Waals surface area contributed by atoms with Gasteiger partial charge in [0.05, 0.1) is 22.9 Å². The highest BCUT2D eigenvalue weighted by atomic mass is 16.5. The molecule has 2 aliphatic rings. The lowest BCUT2D eigenvalue weighted by molar-refractivity contribution is 0.0529. The van der Waals surface area contributed by atoms with E-state index in [9.17, 15) is 0 Å². The molecule has 0 amide bonds. The fourth-order valence-corrected chi connectivity index (χ4v) is 6.06. The fraction of sp³-hybridized carbons (Fsp3) is 0.0857. The Morgan fingerprint density at radius 3 is 1.82 bits per heavy atom. The molecule has 0 saturated carbocycles. The number of hydrogen-bond acceptors (Lipinski definition) is 4. The fourth-order valence-electron chi connectivity index (χ4n) is 6.06. The van der Waals surface area contributed by atoms with E-state index >= 15 is 4.79 Å². The van der Waals surface area contributed by atoms with Crippen molar-refractivity contribution < 1.29 is 9.53 Å². The van der Waals surface area contributed by atoms with Crippen molar-refractivity contribution in [2.24, 2.45) is 5.10 Å². The van der Waals surface area contributed by atoms with Crippen LogP contribution in [0.15, 0.2) is 151 Å². The Morgan fingerprint density at radius 2 is 1.15 bits per heavy atom. The van der Waals surface area contributed by atoms with E-state index in [0.29, 0.717) is 11.3 Å². The molecule has 0 bridgehead atoms. The van der Waals surface area contributed by atoms with Gasteiger partial charge in [-0.05, 0) is 41.0 Å². The lowest BCUT2D eigenvalue weighted by Crippen LogP contribution is -2.61. The van der Waals surface area contributed by atoms with Crippen LogP contribution < -0.4 is 9.75 Å². The molecular weight excluding hydrogens is 480 g/mol. The molecule has 0 N–H and O–H groups in total. The first kappa shape index (κ1) is 23.2. The van der Waals surface area contributed by atoms with Crippen molar-refractivity contribution in [2.45, 2.75) is 17.6 Å². The van der Waals surface area contributed by atoms with Crippen LogP contribution in [0, 0.1) is 0 Å². The Bertz CT molecular complexity index is 1650. The number of carbonyl (C=O) groups is 1. The molecule has 0 aromatic heterocycles. The number of hydrogen-bond donors (Lipinski definition) is 0. The van der Waals surface area contributed by atoms with Gasteiger partial charge >= 0.3 is 0 Å². The summed E-state index contributed by atoms with van der Waals surface area (Å²) in [5.41, 5.74) is 3.93. The number of anilines is 1. The van der Waals surface area contributed by atoms with Gasteiger partial charge in [0.15, 0.2) is 17.4 Å². The third-order valence-corrected chi connectivity index (χ3v) is 7.72. The second kappa shape index (κ2) is 9.41. The highest BCUT2D eigenvalue weighted by molar-refractivity contribution is 6.19. The van der Waals surface area contributed by atoms with E-state index in [4.69, 9.17) is 9.84 Å². The zero-order valence-electron chi connectivity index (χ0n) is 21.2. The van der Waals surface area contributed by atoms with Crippen LogP contribution in [-0.2, 0) is 0 Å². The highest BCUT2D eigenvalue weighted by Crippen LogP contribution is 2.56. The van der Waals surface area contributed by atoms with Crippen LogP contribution in [0.1, 0.15) is 39.1 Å². The summed E-state index contributed by atoms with van der Waals surface area (Å²) >= 11 is 0. The van der Waals surface area contributed by atoms with Crippen molar-refractivity contribution in [3.05, 3.63) is 168 Å². The molecule has 0 aliphatic carbocycles. The SMILES string of the molecule is O=C1c2ccccc2O[C@H](c2ccccc2)[C@]12[C@@H](c1ccccc1)C(c1ccccc1)=NN2c1ccccc1. The third kappa shape index (κ3) is 3.60. The van der Waals surface area contributed by atoms with Crippen molar-refractivity contribution in [3.8, 4) is 5.75 Å². The molecule has 188 valence electrons. The minimum absolute atomic E-state index is 0.00871. The topological polar surface area (TPSA) is 41.9 Å². The number of para-hydroxylation sites is 2.